The third kappa shape index (κ3) is 4.18. The van der Waals surface area contributed by atoms with E-state index in [-0.39, 0.29) is 12.1 Å². The van der Waals surface area contributed by atoms with E-state index in [9.17, 15) is 4.79 Å². The number of likely N-dealkylation sites (tertiary alicyclic amines) is 1. The van der Waals surface area contributed by atoms with Gasteiger partial charge in [0.1, 0.15) is 5.60 Å². The minimum atomic E-state index is -0.414. The average molecular weight is 323 g/mol. The fraction of sp³-hybridized carbons (Fsp3) is 0.944. The molecule has 0 aromatic carbocycles. The molecule has 5 heteroatoms. The van der Waals surface area contributed by atoms with Gasteiger partial charge in [0.25, 0.3) is 0 Å². The van der Waals surface area contributed by atoms with E-state index in [0.717, 1.165) is 32.0 Å². The highest BCUT2D eigenvalue weighted by Gasteiger charge is 2.38. The number of nitrogens with one attached hydrogen (secondary N) is 1. The molecule has 3 fully saturated rings. The number of rotatable bonds is 3. The van der Waals surface area contributed by atoms with E-state index >= 15 is 0 Å². The molecule has 0 aliphatic carbocycles. The first-order valence-electron chi connectivity index (χ1n) is 9.41. The van der Waals surface area contributed by atoms with Crippen molar-refractivity contribution in [2.24, 2.45) is 0 Å². The molecule has 3 aliphatic rings. The fourth-order valence-corrected chi connectivity index (χ4v) is 4.38. The third-order valence-electron chi connectivity index (χ3n) is 5.48. The van der Waals surface area contributed by atoms with Gasteiger partial charge in [-0.25, -0.2) is 4.79 Å². The van der Waals surface area contributed by atoms with Crippen LogP contribution in [0.2, 0.25) is 0 Å². The molecule has 3 atom stereocenters. The summed E-state index contributed by atoms with van der Waals surface area (Å²) in [6.45, 7) is 10.1. The van der Waals surface area contributed by atoms with Gasteiger partial charge < -0.3 is 15.0 Å². The minimum Gasteiger partial charge on any atom is -0.444 e. The molecule has 3 unspecified atom stereocenters. The Morgan fingerprint density at radius 1 is 1.09 bits per heavy atom. The van der Waals surface area contributed by atoms with Crippen molar-refractivity contribution in [3.8, 4) is 0 Å². The van der Waals surface area contributed by atoms with Gasteiger partial charge in [0.15, 0.2) is 0 Å². The van der Waals surface area contributed by atoms with Crippen LogP contribution in [0.15, 0.2) is 0 Å². The molecule has 0 spiro atoms. The predicted octanol–water partition coefficient (Wildman–Crippen LogP) is 2.60. The lowest BCUT2D eigenvalue weighted by molar-refractivity contribution is 0.00957. The largest absolute Gasteiger partial charge is 0.444 e. The van der Waals surface area contributed by atoms with Crippen molar-refractivity contribution < 1.29 is 9.53 Å². The summed E-state index contributed by atoms with van der Waals surface area (Å²) in [6, 6.07) is 1.63. The van der Waals surface area contributed by atoms with Crippen LogP contribution in [0.1, 0.15) is 59.3 Å². The van der Waals surface area contributed by atoms with Crippen LogP contribution in [0.4, 0.5) is 4.79 Å². The van der Waals surface area contributed by atoms with E-state index in [1.54, 1.807) is 0 Å². The maximum atomic E-state index is 12.5. The number of hydrogen-bond donors (Lipinski definition) is 1. The topological polar surface area (TPSA) is 44.8 Å². The summed E-state index contributed by atoms with van der Waals surface area (Å²) in [6.07, 6.45) is 7.19. The standard InChI is InChI=1S/C18H33N3O2/c1-18(2,3)23-17(22)21-11-5-4-7-14(21)13-19-15-9-12-20-10-6-8-16(15)20/h14-16,19H,4-13H2,1-3H3. The van der Waals surface area contributed by atoms with Crippen LogP contribution in [-0.4, -0.2) is 65.8 Å². The Hall–Kier alpha value is -0.810. The summed E-state index contributed by atoms with van der Waals surface area (Å²) in [5.74, 6) is 0. The van der Waals surface area contributed by atoms with Crippen molar-refractivity contribution in [1.82, 2.24) is 15.1 Å². The van der Waals surface area contributed by atoms with Crippen molar-refractivity contribution in [3.63, 3.8) is 0 Å². The van der Waals surface area contributed by atoms with E-state index in [1.165, 1.54) is 38.8 Å². The number of amides is 1. The molecule has 132 valence electrons. The molecule has 0 saturated carbocycles. The normalized spacial score (nSPS) is 32.1. The lowest BCUT2D eigenvalue weighted by Gasteiger charge is -2.37. The number of carbonyl (C=O) groups is 1. The molecule has 23 heavy (non-hydrogen) atoms. The second-order valence-electron chi connectivity index (χ2n) is 8.37. The zero-order chi connectivity index (χ0) is 16.4. The van der Waals surface area contributed by atoms with E-state index in [2.05, 4.69) is 10.2 Å². The fourth-order valence-electron chi connectivity index (χ4n) is 4.38. The van der Waals surface area contributed by atoms with Gasteiger partial charge in [0.2, 0.25) is 0 Å². The second kappa shape index (κ2) is 6.98. The lowest BCUT2D eigenvalue weighted by Crippen LogP contribution is -2.52. The number of fused-ring (bicyclic) bond motifs is 1. The van der Waals surface area contributed by atoms with Crippen molar-refractivity contribution in [2.75, 3.05) is 26.2 Å². The van der Waals surface area contributed by atoms with Gasteiger partial charge in [-0.15, -0.1) is 0 Å². The highest BCUT2D eigenvalue weighted by molar-refractivity contribution is 5.68. The number of piperidine rings is 1. The first-order chi connectivity index (χ1) is 10.9. The van der Waals surface area contributed by atoms with Crippen LogP contribution in [0, 0.1) is 0 Å². The number of hydrogen-bond acceptors (Lipinski definition) is 4. The van der Waals surface area contributed by atoms with E-state index in [4.69, 9.17) is 4.74 Å². The van der Waals surface area contributed by atoms with Crippen molar-refractivity contribution in [1.29, 1.82) is 0 Å². The highest BCUT2D eigenvalue weighted by atomic mass is 16.6. The van der Waals surface area contributed by atoms with Crippen molar-refractivity contribution >= 4 is 6.09 Å². The Morgan fingerprint density at radius 2 is 1.91 bits per heavy atom. The smallest absolute Gasteiger partial charge is 0.410 e. The maximum absolute atomic E-state index is 12.5. The van der Waals surface area contributed by atoms with Crippen LogP contribution >= 0.6 is 0 Å². The molecule has 3 heterocycles. The third-order valence-corrected chi connectivity index (χ3v) is 5.48. The Bertz CT molecular complexity index is 421. The first kappa shape index (κ1) is 17.0. The van der Waals surface area contributed by atoms with Gasteiger partial charge in [-0.05, 0) is 65.8 Å². The van der Waals surface area contributed by atoms with Gasteiger partial charge in [-0.1, -0.05) is 0 Å². The van der Waals surface area contributed by atoms with E-state index in [1.807, 2.05) is 25.7 Å². The first-order valence-corrected chi connectivity index (χ1v) is 9.41. The Balaban J connectivity index is 1.53. The summed E-state index contributed by atoms with van der Waals surface area (Å²) in [7, 11) is 0. The number of ether oxygens (including phenoxy) is 1. The summed E-state index contributed by atoms with van der Waals surface area (Å²) >= 11 is 0. The second-order valence-corrected chi connectivity index (χ2v) is 8.37. The average Bonchev–Trinajstić information content (AvgIpc) is 3.07. The summed E-state index contributed by atoms with van der Waals surface area (Å²) < 4.78 is 5.60. The van der Waals surface area contributed by atoms with Crippen LogP contribution in [-0.2, 0) is 4.74 Å². The van der Waals surface area contributed by atoms with Crippen molar-refractivity contribution in [2.45, 2.75) is 83.0 Å². The van der Waals surface area contributed by atoms with E-state index < -0.39 is 5.60 Å². The monoisotopic (exact) mass is 323 g/mol. The van der Waals surface area contributed by atoms with Crippen LogP contribution in [0.25, 0.3) is 0 Å². The van der Waals surface area contributed by atoms with Crippen molar-refractivity contribution in [3.05, 3.63) is 0 Å². The Morgan fingerprint density at radius 3 is 2.70 bits per heavy atom. The van der Waals surface area contributed by atoms with Gasteiger partial charge in [0, 0.05) is 37.8 Å². The Kier molecular flexibility index (Phi) is 5.16. The summed E-state index contributed by atoms with van der Waals surface area (Å²) in [4.78, 5) is 17.1. The molecule has 0 bridgehead atoms. The molecule has 0 aromatic rings. The van der Waals surface area contributed by atoms with Gasteiger partial charge in [-0.3, -0.25) is 4.90 Å². The zero-order valence-electron chi connectivity index (χ0n) is 15.0. The van der Waals surface area contributed by atoms with E-state index in [0.29, 0.717) is 6.04 Å². The molecular formula is C18H33N3O2. The van der Waals surface area contributed by atoms with Gasteiger partial charge in [0.05, 0.1) is 0 Å². The zero-order valence-corrected chi connectivity index (χ0v) is 15.0. The van der Waals surface area contributed by atoms with Crippen LogP contribution < -0.4 is 5.32 Å². The maximum Gasteiger partial charge on any atom is 0.410 e. The van der Waals surface area contributed by atoms with Crippen LogP contribution in [0.3, 0.4) is 0 Å². The molecule has 3 aliphatic heterocycles. The number of carbonyl (C=O) groups excluding carboxylic acids is 1. The van der Waals surface area contributed by atoms with Crippen LogP contribution in [0.5, 0.6) is 0 Å². The minimum absolute atomic E-state index is 0.141. The lowest BCUT2D eigenvalue weighted by atomic mass is 10.0. The quantitative estimate of drug-likeness (QED) is 0.867. The van der Waals surface area contributed by atoms with Gasteiger partial charge >= 0.3 is 6.09 Å². The molecule has 0 aromatic heterocycles. The molecule has 0 radical (unpaired) electrons. The molecular weight excluding hydrogens is 290 g/mol. The highest BCUT2D eigenvalue weighted by Crippen LogP contribution is 2.28. The molecule has 1 N–H and O–H groups in total. The summed E-state index contributed by atoms with van der Waals surface area (Å²) in [5.41, 5.74) is -0.414. The summed E-state index contributed by atoms with van der Waals surface area (Å²) in [5, 5.41) is 3.78. The molecule has 3 rings (SSSR count). The molecule has 5 nitrogen and oxygen atoms in total. The number of nitrogens with zero attached hydrogens (tertiary/aromatic N) is 2. The predicted molar refractivity (Wildman–Crippen MR) is 91.6 cm³/mol. The SMILES string of the molecule is CC(C)(C)OC(=O)N1CCCCC1CNC1CCN2CCCC12. The van der Waals surface area contributed by atoms with Gasteiger partial charge in [-0.2, -0.15) is 0 Å². The Labute approximate surface area is 140 Å². The molecule has 1 amide bonds. The molecule has 3 saturated heterocycles.